The third-order valence-corrected chi connectivity index (χ3v) is 5.98. The first kappa shape index (κ1) is 15.7. The van der Waals surface area contributed by atoms with E-state index in [-0.39, 0.29) is 0 Å². The summed E-state index contributed by atoms with van der Waals surface area (Å²) in [5, 5.41) is 13.1. The van der Waals surface area contributed by atoms with E-state index >= 15 is 0 Å². The van der Waals surface area contributed by atoms with Crippen LogP contribution in [0.25, 0.3) is 54.9 Å². The lowest BCUT2D eigenvalue weighted by atomic mass is 10.1. The van der Waals surface area contributed by atoms with Gasteiger partial charge >= 0.3 is 0 Å². The monoisotopic (exact) mass is 389 g/mol. The highest BCUT2D eigenvalue weighted by atomic mass is 16.5. The number of hydrogen-bond acceptors (Lipinski definition) is 4. The van der Waals surface area contributed by atoms with Gasteiger partial charge in [-0.2, -0.15) is 5.10 Å². The summed E-state index contributed by atoms with van der Waals surface area (Å²) in [6.07, 6.45) is 3.19. The molecule has 0 aliphatic carbocycles. The number of aryl methyl sites for hydroxylation is 1. The second-order valence-corrected chi connectivity index (χ2v) is 7.60. The van der Waals surface area contributed by atoms with Gasteiger partial charge in [0, 0.05) is 27.2 Å². The Hall–Kier alpha value is -4.19. The second kappa shape index (κ2) is 5.45. The molecule has 3 aromatic carbocycles. The van der Waals surface area contributed by atoms with Gasteiger partial charge in [0.05, 0.1) is 11.0 Å². The van der Waals surface area contributed by atoms with Gasteiger partial charge in [0.1, 0.15) is 23.6 Å². The average Bonchev–Trinajstić information content (AvgIpc) is 3.50. The molecule has 7 aromatic rings. The third-order valence-electron chi connectivity index (χ3n) is 5.98. The number of nitrogens with zero attached hydrogens (tertiary/aromatic N) is 5. The fraction of sp³-hybridized carbons (Fsp3) is 0.0417. The Balaban J connectivity index is 1.69. The predicted molar refractivity (Wildman–Crippen MR) is 117 cm³/mol. The van der Waals surface area contributed by atoms with Crippen molar-refractivity contribution >= 4 is 49.3 Å². The van der Waals surface area contributed by atoms with Crippen LogP contribution in [0.5, 0.6) is 0 Å². The Labute approximate surface area is 169 Å². The number of benzene rings is 3. The van der Waals surface area contributed by atoms with Gasteiger partial charge in [-0.1, -0.05) is 41.6 Å². The van der Waals surface area contributed by atoms with E-state index in [1.165, 1.54) is 21.8 Å². The van der Waals surface area contributed by atoms with Gasteiger partial charge in [-0.05, 0) is 36.8 Å². The number of hydrogen-bond donors (Lipinski definition) is 0. The summed E-state index contributed by atoms with van der Waals surface area (Å²) in [7, 11) is 0. The standard InChI is InChI=1S/C24H15N5O/c1-14-10-17-18(24-25-13-26-29(24)22-12-30-27-23(17)22)11-21(14)28-19-8-4-2-6-15(19)16-7-3-5-9-20(16)28/h2-13H,1H3. The van der Waals surface area contributed by atoms with Crippen molar-refractivity contribution in [3.63, 3.8) is 0 Å². The number of pyridine rings is 1. The minimum atomic E-state index is 0.792. The summed E-state index contributed by atoms with van der Waals surface area (Å²) in [5.41, 5.74) is 7.04. The molecule has 142 valence electrons. The molecule has 6 nitrogen and oxygen atoms in total. The summed E-state index contributed by atoms with van der Waals surface area (Å²) in [4.78, 5) is 4.53. The van der Waals surface area contributed by atoms with Crippen molar-refractivity contribution in [1.29, 1.82) is 0 Å². The zero-order valence-electron chi connectivity index (χ0n) is 16.1. The molecule has 0 radical (unpaired) electrons. The van der Waals surface area contributed by atoms with Gasteiger partial charge < -0.3 is 9.09 Å². The largest absolute Gasteiger partial charge is 0.362 e. The van der Waals surface area contributed by atoms with Gasteiger partial charge in [0.2, 0.25) is 0 Å². The maximum Gasteiger partial charge on any atom is 0.164 e. The summed E-state index contributed by atoms with van der Waals surface area (Å²) < 4.78 is 9.39. The van der Waals surface area contributed by atoms with Crippen LogP contribution in [0.4, 0.5) is 0 Å². The van der Waals surface area contributed by atoms with Gasteiger partial charge in [0.15, 0.2) is 5.65 Å². The molecule has 0 saturated carbocycles. The van der Waals surface area contributed by atoms with Crippen LogP contribution in [0, 0.1) is 6.92 Å². The van der Waals surface area contributed by atoms with Crippen LogP contribution in [-0.2, 0) is 0 Å². The summed E-state index contributed by atoms with van der Waals surface area (Å²) in [6, 6.07) is 21.4. The first-order valence-electron chi connectivity index (χ1n) is 9.80. The molecule has 0 unspecified atom stereocenters. The zero-order valence-corrected chi connectivity index (χ0v) is 16.1. The molecule has 30 heavy (non-hydrogen) atoms. The highest BCUT2D eigenvalue weighted by Crippen LogP contribution is 2.36. The quantitative estimate of drug-likeness (QED) is 0.376. The fourth-order valence-corrected chi connectivity index (χ4v) is 4.67. The van der Waals surface area contributed by atoms with Crippen LogP contribution in [0.3, 0.4) is 0 Å². The van der Waals surface area contributed by atoms with Crippen molar-refractivity contribution in [2.45, 2.75) is 6.92 Å². The minimum absolute atomic E-state index is 0.792. The molecule has 7 rings (SSSR count). The first-order chi connectivity index (χ1) is 14.8. The second-order valence-electron chi connectivity index (χ2n) is 7.60. The molecule has 4 heterocycles. The molecule has 0 N–H and O–H groups in total. The summed E-state index contributed by atoms with van der Waals surface area (Å²) in [5.74, 6) is 0. The molecular formula is C24H15N5O. The summed E-state index contributed by atoms with van der Waals surface area (Å²) in [6.45, 7) is 2.14. The molecule has 0 atom stereocenters. The van der Waals surface area contributed by atoms with E-state index in [0.717, 1.165) is 38.7 Å². The van der Waals surface area contributed by atoms with E-state index in [1.54, 1.807) is 17.1 Å². The van der Waals surface area contributed by atoms with Crippen molar-refractivity contribution in [2.24, 2.45) is 0 Å². The molecule has 0 amide bonds. The lowest BCUT2D eigenvalue weighted by molar-refractivity contribution is 0.428. The maximum atomic E-state index is 5.26. The number of fused-ring (bicyclic) bond motifs is 9. The predicted octanol–water partition coefficient (Wildman–Crippen LogP) is 5.43. The van der Waals surface area contributed by atoms with E-state index in [9.17, 15) is 0 Å². The highest BCUT2D eigenvalue weighted by Gasteiger charge is 2.18. The lowest BCUT2D eigenvalue weighted by Crippen LogP contribution is -1.99. The maximum absolute atomic E-state index is 5.26. The minimum Gasteiger partial charge on any atom is -0.362 e. The van der Waals surface area contributed by atoms with E-state index in [4.69, 9.17) is 4.52 Å². The fourth-order valence-electron chi connectivity index (χ4n) is 4.67. The number of para-hydroxylation sites is 2. The van der Waals surface area contributed by atoms with Crippen LogP contribution in [0.1, 0.15) is 5.56 Å². The molecule has 0 aliphatic rings. The van der Waals surface area contributed by atoms with Gasteiger partial charge in [-0.25, -0.2) is 9.50 Å². The van der Waals surface area contributed by atoms with E-state index in [0.29, 0.717) is 0 Å². The van der Waals surface area contributed by atoms with Crippen molar-refractivity contribution in [3.8, 4) is 5.69 Å². The van der Waals surface area contributed by atoms with Crippen LogP contribution in [0.15, 0.2) is 77.8 Å². The van der Waals surface area contributed by atoms with E-state index < -0.39 is 0 Å². The molecule has 0 spiro atoms. The topological polar surface area (TPSA) is 61.2 Å². The van der Waals surface area contributed by atoms with Crippen LogP contribution in [0.2, 0.25) is 0 Å². The van der Waals surface area contributed by atoms with Crippen molar-refractivity contribution in [1.82, 2.24) is 24.3 Å². The SMILES string of the molecule is Cc1cc2c(cc1-n1c3ccccc3c3ccccc31)c1ncnn1c1conc21. The number of aromatic nitrogens is 5. The summed E-state index contributed by atoms with van der Waals surface area (Å²) >= 11 is 0. The van der Waals surface area contributed by atoms with E-state index in [2.05, 4.69) is 87.4 Å². The Kier molecular flexibility index (Phi) is 2.85. The van der Waals surface area contributed by atoms with Gasteiger partial charge in [-0.3, -0.25) is 0 Å². The molecule has 0 aliphatic heterocycles. The Bertz CT molecular complexity index is 1720. The molecule has 6 heteroatoms. The smallest absolute Gasteiger partial charge is 0.164 e. The molecule has 0 bridgehead atoms. The van der Waals surface area contributed by atoms with E-state index in [1.807, 2.05) is 0 Å². The average molecular weight is 389 g/mol. The first-order valence-corrected chi connectivity index (χ1v) is 9.80. The van der Waals surface area contributed by atoms with Crippen molar-refractivity contribution < 1.29 is 4.52 Å². The lowest BCUT2D eigenvalue weighted by Gasteiger charge is -2.13. The van der Waals surface area contributed by atoms with Gasteiger partial charge in [-0.15, -0.1) is 0 Å². The van der Waals surface area contributed by atoms with Crippen molar-refractivity contribution in [3.05, 3.63) is 78.8 Å². The van der Waals surface area contributed by atoms with Crippen molar-refractivity contribution in [2.75, 3.05) is 0 Å². The van der Waals surface area contributed by atoms with Crippen LogP contribution < -0.4 is 0 Å². The molecule has 0 saturated heterocycles. The third kappa shape index (κ3) is 1.85. The van der Waals surface area contributed by atoms with Crippen LogP contribution in [-0.4, -0.2) is 24.3 Å². The Morgan fingerprint density at radius 3 is 2.30 bits per heavy atom. The number of rotatable bonds is 1. The Morgan fingerprint density at radius 1 is 0.800 bits per heavy atom. The molecule has 4 aromatic heterocycles. The molecule has 0 fully saturated rings. The van der Waals surface area contributed by atoms with Gasteiger partial charge in [0.25, 0.3) is 0 Å². The molecular weight excluding hydrogens is 374 g/mol. The highest BCUT2D eigenvalue weighted by molar-refractivity contribution is 6.12. The zero-order chi connectivity index (χ0) is 19.8. The van der Waals surface area contributed by atoms with Crippen LogP contribution >= 0.6 is 0 Å². The normalized spacial score (nSPS) is 12.2. The Morgan fingerprint density at radius 2 is 1.53 bits per heavy atom.